The Balaban J connectivity index is 1.49. The lowest BCUT2D eigenvalue weighted by Crippen LogP contribution is -2.35. The molecule has 29 heavy (non-hydrogen) atoms. The molecular weight excluding hydrogens is 394 g/mol. The zero-order valence-electron chi connectivity index (χ0n) is 15.4. The number of hydrogen-bond donors (Lipinski definition) is 2. The van der Waals surface area contributed by atoms with E-state index in [9.17, 15) is 14.9 Å². The van der Waals surface area contributed by atoms with Crippen LogP contribution in [0.25, 0.3) is 5.57 Å². The maximum Gasteiger partial charge on any atom is 0.269 e. The van der Waals surface area contributed by atoms with Crippen LogP contribution in [0.5, 0.6) is 0 Å². The van der Waals surface area contributed by atoms with E-state index in [0.717, 1.165) is 22.4 Å². The van der Waals surface area contributed by atoms with Crippen LogP contribution in [0.2, 0.25) is 0 Å². The summed E-state index contributed by atoms with van der Waals surface area (Å²) in [6, 6.07) is 6.27. The Bertz CT molecular complexity index is 1030. The first kappa shape index (κ1) is 19.1. The molecule has 0 bridgehead atoms. The van der Waals surface area contributed by atoms with Crippen LogP contribution >= 0.6 is 11.6 Å². The zero-order chi connectivity index (χ0) is 20.4. The molecule has 4 rings (SSSR count). The van der Waals surface area contributed by atoms with E-state index in [1.807, 2.05) is 12.2 Å². The number of nitro groups is 1. The molecule has 2 N–H and O–H groups in total. The molecule has 1 aliphatic heterocycles. The lowest BCUT2D eigenvalue weighted by molar-refractivity contribution is -0.384. The number of aromatic nitrogens is 2. The number of anilines is 1. The van der Waals surface area contributed by atoms with Gasteiger partial charge in [0.05, 0.1) is 23.1 Å². The zero-order valence-corrected chi connectivity index (χ0v) is 16.1. The van der Waals surface area contributed by atoms with Gasteiger partial charge in [0.1, 0.15) is 0 Å². The molecule has 2 heterocycles. The predicted molar refractivity (Wildman–Crippen MR) is 109 cm³/mol. The minimum absolute atomic E-state index is 0.0726. The number of allylic oxidation sites excluding steroid dienone is 2. The molecule has 0 fully saturated rings. The number of rotatable bonds is 5. The number of carbonyl (C=O) groups is 1. The van der Waals surface area contributed by atoms with Crippen molar-refractivity contribution in [3.05, 3.63) is 74.6 Å². The third kappa shape index (κ3) is 4.27. The van der Waals surface area contributed by atoms with Crippen LogP contribution in [0.3, 0.4) is 0 Å². The van der Waals surface area contributed by atoms with Crippen molar-refractivity contribution in [1.29, 1.82) is 0 Å². The third-order valence-corrected chi connectivity index (χ3v) is 5.17. The van der Waals surface area contributed by atoms with Gasteiger partial charge in [0.25, 0.3) is 5.69 Å². The number of nitro benzene ring substituents is 1. The quantitative estimate of drug-likeness (QED) is 0.578. The number of non-ortho nitro benzene ring substituents is 1. The van der Waals surface area contributed by atoms with Crippen molar-refractivity contribution < 1.29 is 9.72 Å². The van der Waals surface area contributed by atoms with Crippen LogP contribution in [0.4, 0.5) is 11.6 Å². The molecule has 1 aromatic carbocycles. The van der Waals surface area contributed by atoms with Crippen molar-refractivity contribution in [1.82, 2.24) is 15.3 Å². The van der Waals surface area contributed by atoms with Gasteiger partial charge in [-0.2, -0.15) is 0 Å². The number of carbonyl (C=O) groups excluding carboxylic acids is 1. The fourth-order valence-electron chi connectivity index (χ4n) is 3.43. The van der Waals surface area contributed by atoms with E-state index in [1.165, 1.54) is 12.1 Å². The summed E-state index contributed by atoms with van der Waals surface area (Å²) < 4.78 is 0. The molecule has 2 aliphatic rings. The highest BCUT2D eigenvalue weighted by atomic mass is 35.5. The fraction of sp³-hybridized carbons (Fsp3) is 0.250. The van der Waals surface area contributed by atoms with Crippen molar-refractivity contribution in [3.63, 3.8) is 0 Å². The maximum absolute atomic E-state index is 12.2. The minimum atomic E-state index is -0.416. The van der Waals surface area contributed by atoms with Gasteiger partial charge in [-0.1, -0.05) is 29.8 Å². The van der Waals surface area contributed by atoms with Gasteiger partial charge in [0, 0.05) is 47.5 Å². The highest BCUT2D eigenvalue weighted by Crippen LogP contribution is 2.32. The van der Waals surface area contributed by atoms with E-state index >= 15 is 0 Å². The standard InChI is InChI=1S/C20H18ClN5O3/c21-14-3-6-16-17(10-14)24-18(27)9-13-11-23-20(25-19(13)16)22-8-7-12-1-4-15(5-2-12)26(28)29/h1-6,11,17H,7-10H2,(H,24,27)(H,22,23,25). The molecule has 9 heteroatoms. The molecule has 0 saturated carbocycles. The molecule has 148 valence electrons. The molecule has 1 aliphatic carbocycles. The molecule has 0 spiro atoms. The van der Waals surface area contributed by atoms with Gasteiger partial charge in [-0.15, -0.1) is 0 Å². The second-order valence-electron chi connectivity index (χ2n) is 6.90. The van der Waals surface area contributed by atoms with E-state index in [-0.39, 0.29) is 24.1 Å². The molecule has 0 saturated heterocycles. The Labute approximate surface area is 171 Å². The van der Waals surface area contributed by atoms with Crippen LogP contribution in [0, 0.1) is 10.1 Å². The number of halogens is 1. The Morgan fingerprint density at radius 1 is 1.28 bits per heavy atom. The summed E-state index contributed by atoms with van der Waals surface area (Å²) in [5, 5.41) is 17.6. The molecule has 1 aromatic heterocycles. The van der Waals surface area contributed by atoms with Crippen LogP contribution < -0.4 is 10.6 Å². The Hall–Kier alpha value is -3.26. The third-order valence-electron chi connectivity index (χ3n) is 4.89. The van der Waals surface area contributed by atoms with E-state index in [1.54, 1.807) is 18.3 Å². The molecule has 1 unspecified atom stereocenters. The summed E-state index contributed by atoms with van der Waals surface area (Å²) in [5.74, 6) is 0.397. The van der Waals surface area contributed by atoms with Gasteiger partial charge in [0.15, 0.2) is 0 Å². The normalized spacial score (nSPS) is 17.8. The molecule has 2 aromatic rings. The van der Waals surface area contributed by atoms with Crippen molar-refractivity contribution in [2.45, 2.75) is 25.3 Å². The summed E-state index contributed by atoms with van der Waals surface area (Å²) in [6.07, 6.45) is 6.85. The lowest BCUT2D eigenvalue weighted by Gasteiger charge is -2.22. The Kier molecular flexibility index (Phi) is 5.26. The van der Waals surface area contributed by atoms with E-state index in [0.29, 0.717) is 30.4 Å². The average Bonchev–Trinajstić information content (AvgIpc) is 2.83. The van der Waals surface area contributed by atoms with E-state index in [4.69, 9.17) is 11.6 Å². The first-order valence-electron chi connectivity index (χ1n) is 9.18. The highest BCUT2D eigenvalue weighted by Gasteiger charge is 2.29. The maximum atomic E-state index is 12.2. The van der Waals surface area contributed by atoms with Crippen LogP contribution in [0.1, 0.15) is 23.2 Å². The van der Waals surface area contributed by atoms with E-state index in [2.05, 4.69) is 20.6 Å². The van der Waals surface area contributed by atoms with Gasteiger partial charge < -0.3 is 10.6 Å². The average molecular weight is 412 g/mol. The fourth-order valence-corrected chi connectivity index (χ4v) is 3.65. The first-order valence-corrected chi connectivity index (χ1v) is 9.56. The van der Waals surface area contributed by atoms with Crippen LogP contribution in [-0.2, 0) is 17.6 Å². The smallest absolute Gasteiger partial charge is 0.269 e. The van der Waals surface area contributed by atoms with Crippen molar-refractivity contribution >= 4 is 34.7 Å². The molecular formula is C20H18ClN5O3. The number of hydrogen-bond acceptors (Lipinski definition) is 6. The van der Waals surface area contributed by atoms with Gasteiger partial charge in [-0.3, -0.25) is 14.9 Å². The number of nitrogens with zero attached hydrogens (tertiary/aromatic N) is 3. The Morgan fingerprint density at radius 3 is 2.83 bits per heavy atom. The topological polar surface area (TPSA) is 110 Å². The number of nitrogens with one attached hydrogen (secondary N) is 2. The highest BCUT2D eigenvalue weighted by molar-refractivity contribution is 6.30. The molecule has 1 atom stereocenters. The largest absolute Gasteiger partial charge is 0.354 e. The monoisotopic (exact) mass is 411 g/mol. The van der Waals surface area contributed by atoms with Crippen LogP contribution in [0.15, 0.2) is 47.6 Å². The SMILES string of the molecule is O=C1Cc2cnc(NCCc3ccc([N+](=O)[O-])cc3)nc2C2=CC=C(Cl)CC2N1. The van der Waals surface area contributed by atoms with Crippen LogP contribution in [-0.4, -0.2) is 33.4 Å². The first-order chi connectivity index (χ1) is 14.0. The predicted octanol–water partition coefficient (Wildman–Crippen LogP) is 2.99. The van der Waals surface area contributed by atoms with Gasteiger partial charge in [-0.05, 0) is 18.1 Å². The number of benzene rings is 1. The summed E-state index contributed by atoms with van der Waals surface area (Å²) in [4.78, 5) is 31.5. The molecule has 1 amide bonds. The van der Waals surface area contributed by atoms with Gasteiger partial charge in [-0.25, -0.2) is 9.97 Å². The van der Waals surface area contributed by atoms with E-state index < -0.39 is 4.92 Å². The second kappa shape index (κ2) is 8.00. The molecule has 8 nitrogen and oxygen atoms in total. The molecule has 0 radical (unpaired) electrons. The lowest BCUT2D eigenvalue weighted by atomic mass is 9.95. The summed E-state index contributed by atoms with van der Waals surface area (Å²) in [7, 11) is 0. The van der Waals surface area contributed by atoms with Crippen molar-refractivity contribution in [2.75, 3.05) is 11.9 Å². The summed E-state index contributed by atoms with van der Waals surface area (Å²) in [6.45, 7) is 0.571. The van der Waals surface area contributed by atoms with Crippen molar-refractivity contribution in [3.8, 4) is 0 Å². The Morgan fingerprint density at radius 2 is 2.07 bits per heavy atom. The van der Waals surface area contributed by atoms with Crippen molar-refractivity contribution in [2.24, 2.45) is 0 Å². The number of fused-ring (bicyclic) bond motifs is 3. The second-order valence-corrected chi connectivity index (χ2v) is 7.39. The van der Waals surface area contributed by atoms with Gasteiger partial charge >= 0.3 is 0 Å². The van der Waals surface area contributed by atoms with Gasteiger partial charge in [0.2, 0.25) is 11.9 Å². The summed E-state index contributed by atoms with van der Waals surface area (Å²) in [5.41, 5.74) is 3.51. The number of amides is 1. The minimum Gasteiger partial charge on any atom is -0.354 e. The summed E-state index contributed by atoms with van der Waals surface area (Å²) >= 11 is 6.13.